The molecule has 0 unspecified atom stereocenters. The molecule has 0 saturated carbocycles. The van der Waals surface area contributed by atoms with Crippen molar-refractivity contribution in [3.05, 3.63) is 160 Å². The van der Waals surface area contributed by atoms with E-state index in [1.165, 1.54) is 70.8 Å². The van der Waals surface area contributed by atoms with E-state index in [1.54, 1.807) is 61.9 Å². The van der Waals surface area contributed by atoms with Crippen LogP contribution in [-0.2, 0) is 65.0 Å². The number of methoxy groups -OCH3 is 7. The Labute approximate surface area is 507 Å². The van der Waals surface area contributed by atoms with Crippen LogP contribution in [0.5, 0.6) is 40.2 Å². The molecule has 4 atom stereocenters. The highest BCUT2D eigenvalue weighted by atomic mass is 32.2. The Morgan fingerprint density at radius 3 is 1.20 bits per heavy atom. The molecule has 6 aromatic carbocycles. The number of fused-ring (bicyclic) bond motifs is 2. The molecule has 0 aromatic heterocycles. The largest absolute Gasteiger partial charge is 0.744 e. The second-order valence-corrected chi connectivity index (χ2v) is 24.4. The summed E-state index contributed by atoms with van der Waals surface area (Å²) in [5, 5.41) is 0. The maximum Gasteiger partial charge on any atom is 0.311 e. The van der Waals surface area contributed by atoms with Crippen molar-refractivity contribution < 1.29 is 87.1 Å². The number of hydrogen-bond donors (Lipinski definition) is 0. The van der Waals surface area contributed by atoms with Gasteiger partial charge in [-0.05, 0) is 127 Å². The highest BCUT2D eigenvalue weighted by Crippen LogP contribution is 2.44. The van der Waals surface area contributed by atoms with E-state index in [0.29, 0.717) is 95.4 Å². The van der Waals surface area contributed by atoms with Gasteiger partial charge in [-0.2, -0.15) is 0 Å². The number of esters is 2. The number of aryl methyl sites for hydroxylation is 1. The SMILES string of the molecule is COc1cc2c(cc1C)[C@@H](Cc1ccc(OC)c(OC)c1)[N@@+](C)(CCC(=O)OCCCCCOC(=O)CC[N@@+]1(C)CCc3cc(OC)c(OC)cc3[C@H]1Cc1ccc(OC)c(OC)c1)CC2.O=S(=O)([O-])c1ccccc1.O=S(=O)([O-])c1ccccc1. The van der Waals surface area contributed by atoms with Crippen LogP contribution in [0.2, 0.25) is 0 Å². The van der Waals surface area contributed by atoms with E-state index < -0.39 is 20.2 Å². The molecule has 0 aliphatic carbocycles. The Kier molecular flexibility index (Phi) is 24.7. The van der Waals surface area contributed by atoms with Gasteiger partial charge in [0, 0.05) is 36.8 Å². The van der Waals surface area contributed by atoms with Crippen LogP contribution in [0.25, 0.3) is 0 Å². The molecule has 8 rings (SSSR count). The zero-order valence-corrected chi connectivity index (χ0v) is 52.6. The third kappa shape index (κ3) is 18.3. The van der Waals surface area contributed by atoms with E-state index in [4.69, 9.17) is 42.6 Å². The Balaban J connectivity index is 0.000000496. The van der Waals surface area contributed by atoms with E-state index in [1.807, 2.05) is 24.3 Å². The average Bonchev–Trinajstić information content (AvgIpc) is 2.79. The van der Waals surface area contributed by atoms with Crippen LogP contribution in [-0.4, -0.2) is 150 Å². The fraction of sp³-hybridized carbons (Fsp3) is 0.415. The van der Waals surface area contributed by atoms with Gasteiger partial charge in [0.15, 0.2) is 34.5 Å². The molecule has 2 aliphatic heterocycles. The summed E-state index contributed by atoms with van der Waals surface area (Å²) in [5.41, 5.74) is 8.32. The first-order chi connectivity index (χ1) is 41.0. The fourth-order valence-electron chi connectivity index (χ4n) is 11.1. The van der Waals surface area contributed by atoms with Crippen molar-refractivity contribution >= 4 is 32.2 Å². The molecule has 19 nitrogen and oxygen atoms in total. The molecule has 6 aromatic rings. The summed E-state index contributed by atoms with van der Waals surface area (Å²) in [5.74, 6) is 4.64. The Morgan fingerprint density at radius 1 is 0.465 bits per heavy atom. The van der Waals surface area contributed by atoms with Crippen LogP contribution < -0.4 is 33.2 Å². The molecule has 2 heterocycles. The lowest BCUT2D eigenvalue weighted by molar-refractivity contribution is -0.940. The molecule has 2 aliphatic rings. The molecule has 21 heteroatoms. The van der Waals surface area contributed by atoms with Crippen LogP contribution in [0, 0.1) is 6.92 Å². The van der Waals surface area contributed by atoms with Crippen LogP contribution >= 0.6 is 0 Å². The second-order valence-electron chi connectivity index (χ2n) is 21.6. The summed E-state index contributed by atoms with van der Waals surface area (Å²) < 4.78 is 114. The molecular weight excluding hydrogens is 1140 g/mol. The Bertz CT molecular complexity index is 3370. The highest BCUT2D eigenvalue weighted by Gasteiger charge is 2.42. The lowest BCUT2D eigenvalue weighted by atomic mass is 9.85. The molecule has 0 bridgehead atoms. The van der Waals surface area contributed by atoms with Gasteiger partial charge in [0.05, 0.1) is 126 Å². The zero-order valence-electron chi connectivity index (χ0n) is 51.0. The molecule has 86 heavy (non-hydrogen) atoms. The quantitative estimate of drug-likeness (QED) is 0.0225. The van der Waals surface area contributed by atoms with Crippen molar-refractivity contribution in [2.75, 3.05) is 103 Å². The third-order valence-corrected chi connectivity index (χ3v) is 17.8. The highest BCUT2D eigenvalue weighted by molar-refractivity contribution is 7.86. The molecule has 0 radical (unpaired) electrons. The number of benzene rings is 6. The Morgan fingerprint density at radius 2 is 0.826 bits per heavy atom. The summed E-state index contributed by atoms with van der Waals surface area (Å²) in [6.45, 7) is 5.77. The van der Waals surface area contributed by atoms with Gasteiger partial charge in [0.2, 0.25) is 0 Å². The fourth-order valence-corrected chi connectivity index (χ4v) is 12.1. The number of likely N-dealkylation sites (N-methyl/N-ethyl adjacent to an activating group) is 2. The van der Waals surface area contributed by atoms with Crippen molar-refractivity contribution in [3.63, 3.8) is 0 Å². The number of unbranched alkanes of at least 4 members (excludes halogenated alkanes) is 2. The molecule has 0 N–H and O–H groups in total. The van der Waals surface area contributed by atoms with Gasteiger partial charge in [0.25, 0.3) is 0 Å². The van der Waals surface area contributed by atoms with Gasteiger partial charge in [-0.3, -0.25) is 9.59 Å². The van der Waals surface area contributed by atoms with E-state index in [0.717, 1.165) is 67.6 Å². The number of quaternary nitrogens is 2. The normalized spacial score (nSPS) is 17.8. The smallest absolute Gasteiger partial charge is 0.311 e. The maximum atomic E-state index is 13.2. The monoisotopic (exact) mass is 1230 g/mol. The second kappa shape index (κ2) is 31.3. The minimum absolute atomic E-state index is 0.0441. The number of hydrogen-bond acceptors (Lipinski definition) is 17. The molecular formula is C65H82N2O17S2. The van der Waals surface area contributed by atoms with Gasteiger partial charge in [-0.15, -0.1) is 0 Å². The molecule has 0 fully saturated rings. The molecule has 466 valence electrons. The van der Waals surface area contributed by atoms with Crippen LogP contribution in [0.4, 0.5) is 0 Å². The van der Waals surface area contributed by atoms with Crippen LogP contribution in [0.3, 0.4) is 0 Å². The van der Waals surface area contributed by atoms with Crippen molar-refractivity contribution in [2.24, 2.45) is 0 Å². The van der Waals surface area contributed by atoms with Crippen molar-refractivity contribution in [1.29, 1.82) is 0 Å². The summed E-state index contributed by atoms with van der Waals surface area (Å²) in [4.78, 5) is 26.0. The minimum Gasteiger partial charge on any atom is -0.744 e. The topological polar surface area (TPSA) is 232 Å². The first-order valence-corrected chi connectivity index (χ1v) is 31.2. The van der Waals surface area contributed by atoms with Gasteiger partial charge >= 0.3 is 11.9 Å². The standard InChI is InChI=1S/C53H72N2O11.2C6H6O3S/c1-36-28-41-39(33-47(36)60-6)18-22-54(2,43(41)29-37-14-16-45(58-4)48(31-37)61-7)24-20-52(56)65-26-12-11-13-27-66-53(57)21-25-55(3)23-19-40-34-50(63-9)51(64-10)35-42(40)44(55)30-38-15-17-46(59-5)49(32-38)62-8;2*7-10(8,9)6-4-2-1-3-5-6/h14-17,28,31-35,43-44H,11-13,18-27,29-30H2,1-10H3;2*1-5H,(H,7,8,9)/q+2;;/p-2/t43-,44-,54-,55-;;/m1../s1. The predicted molar refractivity (Wildman–Crippen MR) is 322 cm³/mol. The van der Waals surface area contributed by atoms with Crippen LogP contribution in [0.1, 0.15) is 83.1 Å². The Hall–Kier alpha value is -7.40. The maximum absolute atomic E-state index is 13.2. The molecule has 0 saturated heterocycles. The van der Waals surface area contributed by atoms with Gasteiger partial charge < -0.3 is 60.7 Å². The first kappa shape index (κ1) is 67.7. The van der Waals surface area contributed by atoms with E-state index in [9.17, 15) is 35.5 Å². The predicted octanol–water partition coefficient (Wildman–Crippen LogP) is 9.55. The number of carbonyl (C=O) groups excluding carboxylic acids is 2. The first-order valence-electron chi connectivity index (χ1n) is 28.4. The third-order valence-electron chi connectivity index (χ3n) is 16.1. The number of rotatable bonds is 25. The van der Waals surface area contributed by atoms with Crippen molar-refractivity contribution in [2.45, 2.75) is 86.6 Å². The lowest BCUT2D eigenvalue weighted by Gasteiger charge is -2.46. The van der Waals surface area contributed by atoms with Crippen molar-refractivity contribution in [3.8, 4) is 40.2 Å². The van der Waals surface area contributed by atoms with Gasteiger partial charge in [-0.1, -0.05) is 48.5 Å². The van der Waals surface area contributed by atoms with Crippen molar-refractivity contribution in [1.82, 2.24) is 0 Å². The van der Waals surface area contributed by atoms with E-state index in [-0.39, 0.29) is 33.8 Å². The summed E-state index contributed by atoms with van der Waals surface area (Å²) in [7, 11) is 7.58. The summed E-state index contributed by atoms with van der Waals surface area (Å²) in [6.07, 6.45) is 6.03. The molecule has 0 amide bonds. The van der Waals surface area contributed by atoms with Gasteiger partial charge in [0.1, 0.15) is 38.1 Å². The minimum atomic E-state index is -4.25. The van der Waals surface area contributed by atoms with E-state index >= 15 is 0 Å². The summed E-state index contributed by atoms with van der Waals surface area (Å²) in [6, 6.07) is 35.3. The van der Waals surface area contributed by atoms with Gasteiger partial charge in [-0.25, -0.2) is 16.8 Å². The van der Waals surface area contributed by atoms with Crippen LogP contribution in [0.15, 0.2) is 131 Å². The number of carbonyl (C=O) groups is 2. The zero-order chi connectivity index (χ0) is 62.7. The average molecular weight is 1230 g/mol. The molecule has 0 spiro atoms. The number of ether oxygens (including phenoxy) is 9. The number of nitrogens with zero attached hydrogens (tertiary/aromatic N) is 2. The van der Waals surface area contributed by atoms with E-state index in [2.05, 4.69) is 57.4 Å². The lowest BCUT2D eigenvalue weighted by Crippen LogP contribution is -2.53. The summed E-state index contributed by atoms with van der Waals surface area (Å²) >= 11 is 0.